The Kier molecular flexibility index (Phi) is 8.82. The minimum absolute atomic E-state index is 0. The molecule has 1 amide bonds. The van der Waals surface area contributed by atoms with E-state index in [1.165, 1.54) is 12.8 Å². The molecular weight excluding hydrogens is 407 g/mol. The predicted octanol–water partition coefficient (Wildman–Crippen LogP) is 2.78. The molecule has 2 atom stereocenters. The lowest BCUT2D eigenvalue weighted by atomic mass is 9.54. The Balaban J connectivity index is 0.00000182. The summed E-state index contributed by atoms with van der Waals surface area (Å²) in [5.74, 6) is -0.0801. The van der Waals surface area contributed by atoms with Crippen molar-refractivity contribution in [2.45, 2.75) is 58.1 Å². The third-order valence-corrected chi connectivity index (χ3v) is 6.77. The minimum Gasteiger partial charge on any atom is -0.378 e. The Labute approximate surface area is 178 Å². The van der Waals surface area contributed by atoms with Crippen LogP contribution in [0.1, 0.15) is 45.7 Å². The summed E-state index contributed by atoms with van der Waals surface area (Å²) in [5.41, 5.74) is 6.24. The van der Waals surface area contributed by atoms with E-state index in [0.717, 1.165) is 30.3 Å². The first-order valence-corrected chi connectivity index (χ1v) is 10.1. The zero-order chi connectivity index (χ0) is 18.1. The fourth-order valence-electron chi connectivity index (χ4n) is 3.75. The van der Waals surface area contributed by atoms with Crippen LogP contribution in [-0.2, 0) is 16.0 Å². The van der Waals surface area contributed by atoms with Gasteiger partial charge in [-0.05, 0) is 19.8 Å². The molecule has 0 spiro atoms. The zero-order valence-electron chi connectivity index (χ0n) is 16.3. The molecule has 156 valence electrons. The summed E-state index contributed by atoms with van der Waals surface area (Å²) >= 11 is 1.69. The third-order valence-electron chi connectivity index (χ3n) is 5.82. The van der Waals surface area contributed by atoms with E-state index >= 15 is 0 Å². The maximum Gasteiger partial charge on any atom is 0.240 e. The molecule has 2 heterocycles. The number of hydrogen-bond donors (Lipinski definition) is 2. The second kappa shape index (κ2) is 9.74. The molecule has 0 radical (unpaired) electrons. The van der Waals surface area contributed by atoms with Gasteiger partial charge in [-0.25, -0.2) is 4.98 Å². The van der Waals surface area contributed by atoms with Crippen LogP contribution in [0.15, 0.2) is 5.38 Å². The van der Waals surface area contributed by atoms with Crippen LogP contribution in [0.3, 0.4) is 0 Å². The molecule has 1 aromatic heterocycles. The average molecular weight is 439 g/mol. The molecule has 0 aromatic carbocycles. The molecule has 9 heteroatoms. The minimum atomic E-state index is -0.852. The van der Waals surface area contributed by atoms with Crippen LogP contribution in [0.4, 0.5) is 5.13 Å². The third kappa shape index (κ3) is 4.70. The highest BCUT2D eigenvalue weighted by Gasteiger charge is 2.62. The summed E-state index contributed by atoms with van der Waals surface area (Å²) in [7, 11) is 0. The fraction of sp³-hybridized carbons (Fsp3) is 0.778. The van der Waals surface area contributed by atoms with Crippen molar-refractivity contribution in [3.05, 3.63) is 11.1 Å². The van der Waals surface area contributed by atoms with E-state index in [0.29, 0.717) is 19.6 Å². The summed E-state index contributed by atoms with van der Waals surface area (Å²) in [5, 5.41) is 6.20. The molecule has 1 aliphatic carbocycles. The van der Waals surface area contributed by atoms with Gasteiger partial charge in [-0.15, -0.1) is 36.2 Å². The van der Waals surface area contributed by atoms with Crippen LogP contribution >= 0.6 is 36.2 Å². The molecule has 2 aliphatic rings. The summed E-state index contributed by atoms with van der Waals surface area (Å²) in [4.78, 5) is 19.6. The van der Waals surface area contributed by atoms with Gasteiger partial charge in [-0.3, -0.25) is 4.79 Å². The Morgan fingerprint density at radius 3 is 2.67 bits per heavy atom. The van der Waals surface area contributed by atoms with Crippen LogP contribution < -0.4 is 16.0 Å². The van der Waals surface area contributed by atoms with E-state index < -0.39 is 5.54 Å². The van der Waals surface area contributed by atoms with Crippen molar-refractivity contribution in [1.29, 1.82) is 0 Å². The first kappa shape index (κ1) is 24.4. The smallest absolute Gasteiger partial charge is 0.240 e. The standard InChI is InChI=1S/C18H30N4O2S.2ClH/c1-4-24-14-11-18(19,17(14,2)3)15(23)20-8-7-13-12-25-16(21-13)22-9-5-6-10-22;;/h12,14H,4-11,19H2,1-3H3,(H,20,23);2*1H. The molecule has 1 saturated heterocycles. The van der Waals surface area contributed by atoms with E-state index in [-0.39, 0.29) is 42.2 Å². The largest absolute Gasteiger partial charge is 0.378 e. The van der Waals surface area contributed by atoms with E-state index in [2.05, 4.69) is 15.6 Å². The SMILES string of the molecule is CCOC1CC(N)(C(=O)NCCc2csc(N3CCCC3)n2)C1(C)C.Cl.Cl. The van der Waals surface area contributed by atoms with Crippen molar-refractivity contribution < 1.29 is 9.53 Å². The fourth-order valence-corrected chi connectivity index (χ4v) is 4.66. The Morgan fingerprint density at radius 1 is 1.41 bits per heavy atom. The van der Waals surface area contributed by atoms with E-state index in [9.17, 15) is 4.79 Å². The van der Waals surface area contributed by atoms with Gasteiger partial charge in [0.2, 0.25) is 5.91 Å². The first-order chi connectivity index (χ1) is 11.9. The van der Waals surface area contributed by atoms with Gasteiger partial charge >= 0.3 is 0 Å². The number of amides is 1. The van der Waals surface area contributed by atoms with Crippen LogP contribution in [0.25, 0.3) is 0 Å². The highest BCUT2D eigenvalue weighted by Crippen LogP contribution is 2.49. The highest BCUT2D eigenvalue weighted by molar-refractivity contribution is 7.13. The van der Waals surface area contributed by atoms with Gasteiger partial charge in [-0.2, -0.15) is 0 Å². The average Bonchev–Trinajstić information content (AvgIpc) is 3.25. The molecule has 1 aromatic rings. The molecule has 1 saturated carbocycles. The Morgan fingerprint density at radius 2 is 2.07 bits per heavy atom. The molecule has 27 heavy (non-hydrogen) atoms. The molecule has 2 unspecified atom stereocenters. The van der Waals surface area contributed by atoms with Crippen molar-refractivity contribution >= 4 is 47.2 Å². The van der Waals surface area contributed by atoms with Crippen LogP contribution in [0, 0.1) is 5.41 Å². The van der Waals surface area contributed by atoms with Crippen molar-refractivity contribution in [1.82, 2.24) is 10.3 Å². The number of nitrogens with one attached hydrogen (secondary N) is 1. The number of aromatic nitrogens is 1. The predicted molar refractivity (Wildman–Crippen MR) is 116 cm³/mol. The molecule has 0 bridgehead atoms. The second-order valence-electron chi connectivity index (χ2n) is 7.66. The first-order valence-electron chi connectivity index (χ1n) is 9.26. The van der Waals surface area contributed by atoms with Gasteiger partial charge in [0.05, 0.1) is 11.8 Å². The molecule has 1 aliphatic heterocycles. The lowest BCUT2D eigenvalue weighted by Crippen LogP contribution is -2.75. The van der Waals surface area contributed by atoms with E-state index in [1.807, 2.05) is 20.8 Å². The molecule has 6 nitrogen and oxygen atoms in total. The Hall–Kier alpha value is -0.600. The molecule has 2 fully saturated rings. The van der Waals surface area contributed by atoms with Gasteiger partial charge < -0.3 is 20.7 Å². The number of anilines is 1. The van der Waals surface area contributed by atoms with Gasteiger partial charge in [-0.1, -0.05) is 13.8 Å². The quantitative estimate of drug-likeness (QED) is 0.683. The maximum absolute atomic E-state index is 12.6. The second-order valence-corrected chi connectivity index (χ2v) is 8.50. The summed E-state index contributed by atoms with van der Waals surface area (Å²) < 4.78 is 5.69. The molecular formula is C18H32Cl2N4O2S. The summed E-state index contributed by atoms with van der Waals surface area (Å²) in [6.07, 6.45) is 3.87. The van der Waals surface area contributed by atoms with Crippen molar-refractivity contribution in [2.24, 2.45) is 11.1 Å². The monoisotopic (exact) mass is 438 g/mol. The highest BCUT2D eigenvalue weighted by atomic mass is 35.5. The summed E-state index contributed by atoms with van der Waals surface area (Å²) in [6, 6.07) is 0. The van der Waals surface area contributed by atoms with Crippen LogP contribution in [0.2, 0.25) is 0 Å². The molecule has 3 rings (SSSR count). The van der Waals surface area contributed by atoms with Gasteiger partial charge in [0, 0.05) is 49.9 Å². The topological polar surface area (TPSA) is 80.5 Å². The number of hydrogen-bond acceptors (Lipinski definition) is 6. The number of halogens is 2. The van der Waals surface area contributed by atoms with E-state index in [4.69, 9.17) is 15.5 Å². The van der Waals surface area contributed by atoms with Gasteiger partial charge in [0.15, 0.2) is 5.13 Å². The number of carbonyl (C=O) groups excluding carboxylic acids is 1. The lowest BCUT2D eigenvalue weighted by molar-refractivity contribution is -0.170. The maximum atomic E-state index is 12.6. The van der Waals surface area contributed by atoms with Crippen LogP contribution in [-0.4, -0.2) is 48.8 Å². The number of rotatable bonds is 7. The van der Waals surface area contributed by atoms with Gasteiger partial charge in [0.25, 0.3) is 0 Å². The van der Waals surface area contributed by atoms with Crippen LogP contribution in [0.5, 0.6) is 0 Å². The van der Waals surface area contributed by atoms with E-state index in [1.54, 1.807) is 11.3 Å². The van der Waals surface area contributed by atoms with Gasteiger partial charge in [0.1, 0.15) is 5.54 Å². The number of nitrogens with zero attached hydrogens (tertiary/aromatic N) is 2. The number of thiazole rings is 1. The summed E-state index contributed by atoms with van der Waals surface area (Å²) in [6.45, 7) is 9.42. The zero-order valence-corrected chi connectivity index (χ0v) is 18.8. The number of nitrogens with two attached hydrogens (primary N) is 1. The lowest BCUT2D eigenvalue weighted by Gasteiger charge is -2.57. The molecule has 3 N–H and O–H groups in total. The van der Waals surface area contributed by atoms with Crippen molar-refractivity contribution in [3.8, 4) is 0 Å². The number of ether oxygens (including phenoxy) is 1. The van der Waals surface area contributed by atoms with Crippen molar-refractivity contribution in [2.75, 3.05) is 31.1 Å². The Bertz CT molecular complexity index is 622. The normalized spacial score (nSPS) is 25.9. The van der Waals surface area contributed by atoms with Crippen molar-refractivity contribution in [3.63, 3.8) is 0 Å². The number of carbonyl (C=O) groups is 1.